The SMILES string of the molecule is CCc1ccc(NC(=O)N2CCC[C@@]3(CC(C(=O)Nc4cccnc4)=NO3)C2)cc1. The van der Waals surface area contributed by atoms with E-state index in [1.54, 1.807) is 29.4 Å². The number of piperidine rings is 1. The molecule has 30 heavy (non-hydrogen) atoms. The molecular formula is C22H25N5O3. The second-order valence-electron chi connectivity index (χ2n) is 7.69. The van der Waals surface area contributed by atoms with Gasteiger partial charge in [-0.3, -0.25) is 9.78 Å². The van der Waals surface area contributed by atoms with Crippen molar-refractivity contribution in [2.45, 2.75) is 38.2 Å². The van der Waals surface area contributed by atoms with Gasteiger partial charge in [-0.25, -0.2) is 4.79 Å². The molecule has 2 N–H and O–H groups in total. The van der Waals surface area contributed by atoms with Gasteiger partial charge in [-0.1, -0.05) is 24.2 Å². The number of pyridine rings is 1. The van der Waals surface area contributed by atoms with Gasteiger partial charge in [0.05, 0.1) is 18.4 Å². The van der Waals surface area contributed by atoms with Crippen molar-refractivity contribution in [3.8, 4) is 0 Å². The normalized spacial score (nSPS) is 20.4. The van der Waals surface area contributed by atoms with Gasteiger partial charge >= 0.3 is 6.03 Å². The van der Waals surface area contributed by atoms with E-state index < -0.39 is 5.60 Å². The van der Waals surface area contributed by atoms with E-state index in [9.17, 15) is 9.59 Å². The first-order chi connectivity index (χ1) is 14.6. The topological polar surface area (TPSA) is 95.9 Å². The van der Waals surface area contributed by atoms with Gasteiger partial charge in [0.25, 0.3) is 5.91 Å². The molecule has 1 aromatic carbocycles. The van der Waals surface area contributed by atoms with Crippen molar-refractivity contribution in [1.29, 1.82) is 0 Å². The Balaban J connectivity index is 1.35. The van der Waals surface area contributed by atoms with Crippen LogP contribution >= 0.6 is 0 Å². The highest BCUT2D eigenvalue weighted by atomic mass is 16.7. The number of aromatic nitrogens is 1. The second kappa shape index (κ2) is 8.52. The van der Waals surface area contributed by atoms with Crippen LogP contribution in [0.15, 0.2) is 53.9 Å². The quantitative estimate of drug-likeness (QED) is 0.812. The molecule has 2 aliphatic rings. The molecule has 8 heteroatoms. The van der Waals surface area contributed by atoms with Crippen molar-refractivity contribution < 1.29 is 14.4 Å². The molecule has 4 rings (SSSR count). The largest absolute Gasteiger partial charge is 0.386 e. The van der Waals surface area contributed by atoms with Gasteiger partial charge in [-0.05, 0) is 49.1 Å². The van der Waals surface area contributed by atoms with E-state index in [1.807, 2.05) is 24.3 Å². The average molecular weight is 407 g/mol. The summed E-state index contributed by atoms with van der Waals surface area (Å²) in [5.74, 6) is -0.308. The van der Waals surface area contributed by atoms with Crippen molar-refractivity contribution >= 4 is 29.0 Å². The van der Waals surface area contributed by atoms with E-state index in [0.717, 1.165) is 24.9 Å². The highest BCUT2D eigenvalue weighted by Gasteiger charge is 2.45. The third kappa shape index (κ3) is 4.42. The lowest BCUT2D eigenvalue weighted by molar-refractivity contribution is -0.110. The zero-order valence-corrected chi connectivity index (χ0v) is 16.9. The second-order valence-corrected chi connectivity index (χ2v) is 7.69. The molecule has 2 aromatic rings. The van der Waals surface area contributed by atoms with Gasteiger partial charge in [0, 0.05) is 24.8 Å². The van der Waals surface area contributed by atoms with Crippen molar-refractivity contribution in [2.75, 3.05) is 23.7 Å². The number of carbonyl (C=O) groups excluding carboxylic acids is 2. The van der Waals surface area contributed by atoms with E-state index in [0.29, 0.717) is 30.9 Å². The number of carbonyl (C=O) groups is 2. The van der Waals surface area contributed by atoms with Gasteiger partial charge in [-0.2, -0.15) is 0 Å². The number of nitrogens with zero attached hydrogens (tertiary/aromatic N) is 3. The van der Waals surface area contributed by atoms with Crippen LogP contribution in [-0.4, -0.2) is 46.2 Å². The molecule has 1 fully saturated rings. The smallest absolute Gasteiger partial charge is 0.321 e. The number of hydrogen-bond acceptors (Lipinski definition) is 5. The summed E-state index contributed by atoms with van der Waals surface area (Å²) in [6, 6.07) is 11.2. The fourth-order valence-corrected chi connectivity index (χ4v) is 3.80. The molecule has 1 spiro atoms. The van der Waals surface area contributed by atoms with Gasteiger partial charge in [0.2, 0.25) is 0 Å². The summed E-state index contributed by atoms with van der Waals surface area (Å²) in [4.78, 5) is 36.7. The fourth-order valence-electron chi connectivity index (χ4n) is 3.80. The minimum atomic E-state index is -0.650. The summed E-state index contributed by atoms with van der Waals surface area (Å²) >= 11 is 0. The van der Waals surface area contributed by atoms with Crippen molar-refractivity contribution in [3.05, 3.63) is 54.4 Å². The van der Waals surface area contributed by atoms with Crippen LogP contribution in [0.3, 0.4) is 0 Å². The Morgan fingerprint density at radius 2 is 2.00 bits per heavy atom. The first-order valence-electron chi connectivity index (χ1n) is 10.2. The van der Waals surface area contributed by atoms with Crippen molar-refractivity contribution in [3.63, 3.8) is 0 Å². The highest BCUT2D eigenvalue weighted by molar-refractivity contribution is 6.43. The van der Waals surface area contributed by atoms with Crippen LogP contribution in [0.25, 0.3) is 0 Å². The monoisotopic (exact) mass is 407 g/mol. The predicted molar refractivity (Wildman–Crippen MR) is 114 cm³/mol. The van der Waals surface area contributed by atoms with E-state index in [-0.39, 0.29) is 11.9 Å². The summed E-state index contributed by atoms with van der Waals surface area (Å²) in [7, 11) is 0. The highest BCUT2D eigenvalue weighted by Crippen LogP contribution is 2.34. The predicted octanol–water partition coefficient (Wildman–Crippen LogP) is 3.43. The molecule has 1 saturated heterocycles. The summed E-state index contributed by atoms with van der Waals surface area (Å²) < 4.78 is 0. The van der Waals surface area contributed by atoms with Crippen LogP contribution in [-0.2, 0) is 16.1 Å². The lowest BCUT2D eigenvalue weighted by Gasteiger charge is -2.38. The molecule has 1 aromatic heterocycles. The fraction of sp³-hybridized carbons (Fsp3) is 0.364. The molecule has 0 radical (unpaired) electrons. The van der Waals surface area contributed by atoms with E-state index >= 15 is 0 Å². The zero-order chi connectivity index (χ0) is 21.0. The number of aryl methyl sites for hydroxylation is 1. The maximum absolute atomic E-state index is 12.8. The number of hydrogen-bond donors (Lipinski definition) is 2. The Morgan fingerprint density at radius 3 is 2.73 bits per heavy atom. The molecule has 0 bridgehead atoms. The van der Waals surface area contributed by atoms with Crippen LogP contribution in [0, 0.1) is 0 Å². The van der Waals surface area contributed by atoms with Gasteiger partial charge in [0.15, 0.2) is 5.60 Å². The number of benzene rings is 1. The number of oxime groups is 1. The maximum Gasteiger partial charge on any atom is 0.321 e. The van der Waals surface area contributed by atoms with Crippen LogP contribution in [0.4, 0.5) is 16.2 Å². The molecule has 2 aliphatic heterocycles. The van der Waals surface area contributed by atoms with Gasteiger partial charge < -0.3 is 20.4 Å². The number of likely N-dealkylation sites (tertiary alicyclic amines) is 1. The first-order valence-corrected chi connectivity index (χ1v) is 10.2. The molecule has 3 heterocycles. The molecule has 3 amide bonds. The Kier molecular flexibility index (Phi) is 5.65. The molecular weight excluding hydrogens is 382 g/mol. The van der Waals surface area contributed by atoms with Crippen LogP contribution in [0.2, 0.25) is 0 Å². The van der Waals surface area contributed by atoms with E-state index in [1.165, 1.54) is 5.56 Å². The standard InChI is InChI=1S/C22H25N5O3/c1-2-16-6-8-17(9-7-16)25-21(29)27-12-4-10-22(15-27)13-19(26-30-22)20(28)24-18-5-3-11-23-14-18/h3,5-9,11,14H,2,4,10,12-13,15H2,1H3,(H,24,28)(H,25,29)/t22-/m1/s1. The Morgan fingerprint density at radius 1 is 1.17 bits per heavy atom. The van der Waals surface area contributed by atoms with Crippen molar-refractivity contribution in [1.82, 2.24) is 9.88 Å². The summed E-state index contributed by atoms with van der Waals surface area (Å²) in [5.41, 5.74) is 2.26. The lowest BCUT2D eigenvalue weighted by atomic mass is 9.88. The zero-order valence-electron chi connectivity index (χ0n) is 16.9. The average Bonchev–Trinajstić information content (AvgIpc) is 3.18. The minimum Gasteiger partial charge on any atom is -0.386 e. The molecule has 0 unspecified atom stereocenters. The maximum atomic E-state index is 12.8. The number of nitrogens with one attached hydrogen (secondary N) is 2. The Bertz CT molecular complexity index is 945. The number of rotatable bonds is 4. The summed E-state index contributed by atoms with van der Waals surface area (Å²) in [6.07, 6.45) is 6.07. The molecule has 8 nitrogen and oxygen atoms in total. The third-order valence-electron chi connectivity index (χ3n) is 5.46. The third-order valence-corrected chi connectivity index (χ3v) is 5.46. The Hall–Kier alpha value is -3.42. The summed E-state index contributed by atoms with van der Waals surface area (Å²) in [5, 5.41) is 9.75. The molecule has 156 valence electrons. The number of anilines is 2. The van der Waals surface area contributed by atoms with Crippen LogP contribution in [0.5, 0.6) is 0 Å². The Labute approximate surface area is 175 Å². The van der Waals surface area contributed by atoms with Crippen LogP contribution < -0.4 is 10.6 Å². The molecule has 0 aliphatic carbocycles. The lowest BCUT2D eigenvalue weighted by Crippen LogP contribution is -2.52. The first kappa shape index (κ1) is 19.9. The molecule has 0 saturated carbocycles. The molecule has 1 atom stereocenters. The number of amides is 3. The minimum absolute atomic E-state index is 0.171. The van der Waals surface area contributed by atoms with Gasteiger partial charge in [-0.15, -0.1) is 0 Å². The van der Waals surface area contributed by atoms with Crippen LogP contribution in [0.1, 0.15) is 31.7 Å². The van der Waals surface area contributed by atoms with Gasteiger partial charge in [0.1, 0.15) is 5.71 Å². The number of urea groups is 1. The van der Waals surface area contributed by atoms with E-state index in [2.05, 4.69) is 27.7 Å². The van der Waals surface area contributed by atoms with E-state index in [4.69, 9.17) is 4.84 Å². The van der Waals surface area contributed by atoms with Crippen molar-refractivity contribution in [2.24, 2.45) is 5.16 Å². The summed E-state index contributed by atoms with van der Waals surface area (Å²) in [6.45, 7) is 3.12.